The number of fused-ring (bicyclic) bond motifs is 5. The highest BCUT2D eigenvalue weighted by Crippen LogP contribution is 2.60. The summed E-state index contributed by atoms with van der Waals surface area (Å²) in [6, 6.07) is 57.9. The van der Waals surface area contributed by atoms with Crippen molar-refractivity contribution in [2.75, 3.05) is 9.80 Å². The lowest BCUT2D eigenvalue weighted by atomic mass is 9.66. The van der Waals surface area contributed by atoms with Gasteiger partial charge >= 0.3 is 0 Å². The first kappa shape index (κ1) is 28.6. The third-order valence-corrected chi connectivity index (χ3v) is 10.8. The van der Waals surface area contributed by atoms with E-state index in [9.17, 15) is 0 Å². The Morgan fingerprint density at radius 2 is 0.979 bits per heavy atom. The molecule has 0 unspecified atom stereocenters. The second-order valence-electron chi connectivity index (χ2n) is 14.2. The van der Waals surface area contributed by atoms with E-state index < -0.39 is 0 Å². The van der Waals surface area contributed by atoms with Crippen LogP contribution in [0.15, 0.2) is 158 Å². The molecule has 0 aliphatic carbocycles. The molecule has 2 heterocycles. The van der Waals surface area contributed by atoms with Gasteiger partial charge in [0.25, 0.3) is 0 Å². The Hall–Kier alpha value is -5.60. The molecule has 7 aromatic carbocycles. The molecule has 0 saturated carbocycles. The standard InChI is InChI=1S/C46H38N2/c1-45(2)37-23-11-12-26-42(37)48-43-29-28-31(30-40(43)46(3,4)39-25-15-24-38(45)44(39)48)34-20-13-22-36-35(34)21-14-27-41(36)47(32-16-7-5-8-17-32)33-18-9-6-10-19-33/h5-30H,1-4H3. The van der Waals surface area contributed by atoms with Crippen LogP contribution in [0.3, 0.4) is 0 Å². The quantitative estimate of drug-likeness (QED) is 0.194. The summed E-state index contributed by atoms with van der Waals surface area (Å²) >= 11 is 0. The topological polar surface area (TPSA) is 6.48 Å². The molecular weight excluding hydrogens is 581 g/mol. The average molecular weight is 619 g/mol. The summed E-state index contributed by atoms with van der Waals surface area (Å²) in [6.07, 6.45) is 0. The molecule has 0 bridgehead atoms. The molecule has 0 atom stereocenters. The smallest absolute Gasteiger partial charge is 0.0543 e. The number of hydrogen-bond acceptors (Lipinski definition) is 2. The first-order valence-electron chi connectivity index (χ1n) is 17.0. The van der Waals surface area contributed by atoms with E-state index in [1.54, 1.807) is 0 Å². The fourth-order valence-electron chi connectivity index (χ4n) is 8.37. The minimum absolute atomic E-state index is 0.0833. The minimum atomic E-state index is -0.178. The zero-order chi connectivity index (χ0) is 32.6. The van der Waals surface area contributed by atoms with Crippen molar-refractivity contribution < 1.29 is 0 Å². The van der Waals surface area contributed by atoms with Gasteiger partial charge in [0.2, 0.25) is 0 Å². The first-order valence-corrected chi connectivity index (χ1v) is 17.0. The molecule has 232 valence electrons. The van der Waals surface area contributed by atoms with E-state index in [0.717, 1.165) is 11.4 Å². The number of para-hydroxylation sites is 4. The molecule has 2 heteroatoms. The Balaban J connectivity index is 1.24. The number of benzene rings is 7. The summed E-state index contributed by atoms with van der Waals surface area (Å²) in [6.45, 7) is 9.54. The number of hydrogen-bond donors (Lipinski definition) is 0. The van der Waals surface area contributed by atoms with Gasteiger partial charge in [0.1, 0.15) is 0 Å². The SMILES string of the molecule is CC1(C)c2ccccc2N2c3ccc(-c4cccc5c(N(c6ccccc6)c6ccccc6)cccc45)cc3C(C)(C)c3cccc1c32. The van der Waals surface area contributed by atoms with E-state index in [-0.39, 0.29) is 10.8 Å². The summed E-state index contributed by atoms with van der Waals surface area (Å²) < 4.78 is 0. The minimum Gasteiger partial charge on any atom is -0.310 e. The van der Waals surface area contributed by atoms with Gasteiger partial charge in [0.15, 0.2) is 0 Å². The lowest BCUT2D eigenvalue weighted by molar-refractivity contribution is 0.597. The molecule has 9 rings (SSSR count). The van der Waals surface area contributed by atoms with Crippen molar-refractivity contribution in [2.45, 2.75) is 38.5 Å². The first-order chi connectivity index (χ1) is 23.4. The van der Waals surface area contributed by atoms with Crippen LogP contribution >= 0.6 is 0 Å². The fourth-order valence-corrected chi connectivity index (χ4v) is 8.37. The predicted octanol–water partition coefficient (Wildman–Crippen LogP) is 12.7. The second kappa shape index (κ2) is 10.5. The second-order valence-corrected chi connectivity index (χ2v) is 14.2. The third kappa shape index (κ3) is 4.05. The van der Waals surface area contributed by atoms with Crippen LogP contribution in [0.25, 0.3) is 21.9 Å². The van der Waals surface area contributed by atoms with Crippen LogP contribution in [0, 0.1) is 0 Å². The highest BCUT2D eigenvalue weighted by molar-refractivity contribution is 6.06. The number of anilines is 6. The van der Waals surface area contributed by atoms with Gasteiger partial charge in [0.05, 0.1) is 22.7 Å². The Morgan fingerprint density at radius 3 is 1.69 bits per heavy atom. The lowest BCUT2D eigenvalue weighted by Gasteiger charge is -2.49. The monoisotopic (exact) mass is 618 g/mol. The van der Waals surface area contributed by atoms with Gasteiger partial charge in [-0.2, -0.15) is 0 Å². The van der Waals surface area contributed by atoms with Crippen molar-refractivity contribution in [3.8, 4) is 11.1 Å². The molecular formula is C46H38N2. The number of nitrogens with zero attached hydrogens (tertiary/aromatic N) is 2. The van der Waals surface area contributed by atoms with Crippen LogP contribution in [-0.4, -0.2) is 0 Å². The Morgan fingerprint density at radius 1 is 0.438 bits per heavy atom. The lowest BCUT2D eigenvalue weighted by Crippen LogP contribution is -2.38. The van der Waals surface area contributed by atoms with Crippen molar-refractivity contribution in [1.82, 2.24) is 0 Å². The van der Waals surface area contributed by atoms with Crippen molar-refractivity contribution in [3.05, 3.63) is 180 Å². The van der Waals surface area contributed by atoms with Crippen LogP contribution in [-0.2, 0) is 10.8 Å². The largest absolute Gasteiger partial charge is 0.310 e. The van der Waals surface area contributed by atoms with E-state index in [1.165, 1.54) is 66.9 Å². The summed E-state index contributed by atoms with van der Waals surface area (Å²) in [5, 5.41) is 2.47. The summed E-state index contributed by atoms with van der Waals surface area (Å²) in [5.74, 6) is 0. The molecule has 0 fully saturated rings. The Kier molecular flexibility index (Phi) is 6.23. The van der Waals surface area contributed by atoms with E-state index in [2.05, 4.69) is 195 Å². The molecule has 48 heavy (non-hydrogen) atoms. The summed E-state index contributed by atoms with van der Waals surface area (Å²) in [7, 11) is 0. The Bertz CT molecular complexity index is 2310. The van der Waals surface area contributed by atoms with Crippen molar-refractivity contribution in [2.24, 2.45) is 0 Å². The van der Waals surface area contributed by atoms with E-state index in [1.807, 2.05) is 0 Å². The van der Waals surface area contributed by atoms with Crippen LogP contribution in [0.2, 0.25) is 0 Å². The maximum atomic E-state index is 2.54. The van der Waals surface area contributed by atoms with Crippen molar-refractivity contribution >= 4 is 44.9 Å². The van der Waals surface area contributed by atoms with Gasteiger partial charge in [0, 0.05) is 27.6 Å². The van der Waals surface area contributed by atoms with Gasteiger partial charge in [-0.3, -0.25) is 0 Å². The summed E-state index contributed by atoms with van der Waals surface area (Å²) in [4.78, 5) is 4.90. The normalized spacial score (nSPS) is 15.0. The van der Waals surface area contributed by atoms with Gasteiger partial charge in [-0.1, -0.05) is 137 Å². The van der Waals surface area contributed by atoms with Gasteiger partial charge in [-0.05, 0) is 87.3 Å². The zero-order valence-electron chi connectivity index (χ0n) is 27.9. The maximum absolute atomic E-state index is 2.54. The third-order valence-electron chi connectivity index (χ3n) is 10.8. The predicted molar refractivity (Wildman–Crippen MR) is 203 cm³/mol. The zero-order valence-corrected chi connectivity index (χ0v) is 27.9. The molecule has 0 radical (unpaired) electrons. The molecule has 0 N–H and O–H groups in total. The molecule has 2 aliphatic heterocycles. The van der Waals surface area contributed by atoms with Crippen molar-refractivity contribution in [1.29, 1.82) is 0 Å². The molecule has 0 aromatic heterocycles. The highest BCUT2D eigenvalue weighted by Gasteiger charge is 2.45. The molecule has 2 nitrogen and oxygen atoms in total. The molecule has 0 amide bonds. The number of rotatable bonds is 4. The van der Waals surface area contributed by atoms with Crippen molar-refractivity contribution in [3.63, 3.8) is 0 Å². The van der Waals surface area contributed by atoms with E-state index in [4.69, 9.17) is 0 Å². The maximum Gasteiger partial charge on any atom is 0.0543 e. The average Bonchev–Trinajstić information content (AvgIpc) is 3.12. The fraction of sp³-hybridized carbons (Fsp3) is 0.130. The Labute approximate surface area is 283 Å². The van der Waals surface area contributed by atoms with Crippen LogP contribution < -0.4 is 9.80 Å². The van der Waals surface area contributed by atoms with Gasteiger partial charge in [-0.15, -0.1) is 0 Å². The molecule has 0 saturated heterocycles. The van der Waals surface area contributed by atoms with Crippen LogP contribution in [0.5, 0.6) is 0 Å². The summed E-state index contributed by atoms with van der Waals surface area (Å²) in [5.41, 5.74) is 15.1. The van der Waals surface area contributed by atoms with E-state index >= 15 is 0 Å². The molecule has 7 aromatic rings. The van der Waals surface area contributed by atoms with Gasteiger partial charge < -0.3 is 9.80 Å². The molecule has 2 aliphatic rings. The van der Waals surface area contributed by atoms with Crippen LogP contribution in [0.4, 0.5) is 34.1 Å². The van der Waals surface area contributed by atoms with Gasteiger partial charge in [-0.25, -0.2) is 0 Å². The highest BCUT2D eigenvalue weighted by atomic mass is 15.2. The van der Waals surface area contributed by atoms with E-state index in [0.29, 0.717) is 0 Å². The van der Waals surface area contributed by atoms with Crippen LogP contribution in [0.1, 0.15) is 49.9 Å². The molecule has 0 spiro atoms.